The van der Waals surface area contributed by atoms with Gasteiger partial charge < -0.3 is 10.1 Å². The number of hydrogen-bond acceptors (Lipinski definition) is 7. The fourth-order valence-electron chi connectivity index (χ4n) is 2.48. The number of nitrogens with zero attached hydrogens (tertiary/aromatic N) is 4. The Hall–Kier alpha value is -2.19. The third kappa shape index (κ3) is 2.62. The SMILES string of the molecule is c1csc(CNc2ncnc3c2ncn3NC2CCCO2)c1. The van der Waals surface area contributed by atoms with Gasteiger partial charge >= 0.3 is 0 Å². The van der Waals surface area contributed by atoms with Crippen molar-refractivity contribution in [2.75, 3.05) is 17.3 Å². The topological polar surface area (TPSA) is 76.9 Å². The molecule has 1 atom stereocenters. The number of ether oxygens (including phenoxy) is 1. The zero-order valence-electron chi connectivity index (χ0n) is 11.9. The lowest BCUT2D eigenvalue weighted by molar-refractivity contribution is 0.122. The third-order valence-electron chi connectivity index (χ3n) is 3.56. The molecule has 0 spiro atoms. The van der Waals surface area contributed by atoms with Crippen molar-refractivity contribution in [3.8, 4) is 0 Å². The van der Waals surface area contributed by atoms with Crippen LogP contribution in [0.5, 0.6) is 0 Å². The summed E-state index contributed by atoms with van der Waals surface area (Å²) in [6.07, 6.45) is 5.36. The molecule has 4 heterocycles. The molecule has 1 fully saturated rings. The number of thiophene rings is 1. The molecule has 1 aliphatic rings. The molecule has 1 aliphatic heterocycles. The first kappa shape index (κ1) is 13.5. The van der Waals surface area contributed by atoms with Crippen LogP contribution in [0.1, 0.15) is 17.7 Å². The Morgan fingerprint density at radius 2 is 2.36 bits per heavy atom. The molecule has 0 saturated carbocycles. The predicted octanol–water partition coefficient (Wildman–Crippen LogP) is 2.18. The highest BCUT2D eigenvalue weighted by Crippen LogP contribution is 2.19. The van der Waals surface area contributed by atoms with Crippen LogP contribution in [-0.2, 0) is 11.3 Å². The van der Waals surface area contributed by atoms with Gasteiger partial charge in [-0.2, -0.15) is 0 Å². The summed E-state index contributed by atoms with van der Waals surface area (Å²) in [6, 6.07) is 4.13. The van der Waals surface area contributed by atoms with Crippen LogP contribution in [0.25, 0.3) is 11.2 Å². The highest BCUT2D eigenvalue weighted by molar-refractivity contribution is 7.09. The molecule has 0 amide bonds. The Morgan fingerprint density at radius 1 is 1.36 bits per heavy atom. The fourth-order valence-corrected chi connectivity index (χ4v) is 3.12. The van der Waals surface area contributed by atoms with Gasteiger partial charge in [0.25, 0.3) is 0 Å². The molecule has 4 rings (SSSR count). The summed E-state index contributed by atoms with van der Waals surface area (Å²) in [4.78, 5) is 14.3. The van der Waals surface area contributed by atoms with Gasteiger partial charge in [0.05, 0.1) is 6.54 Å². The maximum Gasteiger partial charge on any atom is 0.184 e. The van der Waals surface area contributed by atoms with Gasteiger partial charge in [0.15, 0.2) is 17.0 Å². The molecule has 22 heavy (non-hydrogen) atoms. The average molecular weight is 316 g/mol. The lowest BCUT2D eigenvalue weighted by Crippen LogP contribution is -2.26. The van der Waals surface area contributed by atoms with Crippen molar-refractivity contribution in [2.45, 2.75) is 25.6 Å². The number of fused-ring (bicyclic) bond motifs is 1. The molecular formula is C14H16N6OS. The number of rotatable bonds is 5. The summed E-state index contributed by atoms with van der Waals surface area (Å²) >= 11 is 1.71. The molecule has 0 bridgehead atoms. The van der Waals surface area contributed by atoms with Crippen LogP contribution in [0.3, 0.4) is 0 Å². The normalized spacial score (nSPS) is 17.9. The number of nitrogens with one attached hydrogen (secondary N) is 2. The molecule has 0 aliphatic carbocycles. The molecular weight excluding hydrogens is 300 g/mol. The molecule has 0 aromatic carbocycles. The summed E-state index contributed by atoms with van der Waals surface area (Å²) in [6.45, 7) is 1.53. The van der Waals surface area contributed by atoms with E-state index in [1.54, 1.807) is 24.0 Å². The molecule has 114 valence electrons. The minimum absolute atomic E-state index is 0.0230. The van der Waals surface area contributed by atoms with Gasteiger partial charge in [-0.3, -0.25) is 5.43 Å². The Morgan fingerprint density at radius 3 is 3.18 bits per heavy atom. The molecule has 0 radical (unpaired) electrons. The van der Waals surface area contributed by atoms with E-state index in [9.17, 15) is 0 Å². The third-order valence-corrected chi connectivity index (χ3v) is 4.43. The minimum atomic E-state index is 0.0230. The minimum Gasteiger partial charge on any atom is -0.363 e. The van der Waals surface area contributed by atoms with Crippen LogP contribution in [0.4, 0.5) is 5.82 Å². The Labute approximate surface area is 131 Å². The van der Waals surface area contributed by atoms with Crippen LogP contribution in [0.2, 0.25) is 0 Å². The fraction of sp³-hybridized carbons (Fsp3) is 0.357. The van der Waals surface area contributed by atoms with Crippen LogP contribution < -0.4 is 10.7 Å². The molecule has 3 aromatic rings. The van der Waals surface area contributed by atoms with E-state index >= 15 is 0 Å². The van der Waals surface area contributed by atoms with E-state index in [0.29, 0.717) is 0 Å². The van der Waals surface area contributed by atoms with Gasteiger partial charge in [-0.25, -0.2) is 19.6 Å². The zero-order valence-corrected chi connectivity index (χ0v) is 12.7. The van der Waals surface area contributed by atoms with Crippen molar-refractivity contribution >= 4 is 28.3 Å². The first-order valence-electron chi connectivity index (χ1n) is 7.22. The second-order valence-electron chi connectivity index (χ2n) is 5.07. The van der Waals surface area contributed by atoms with E-state index in [0.717, 1.165) is 43.0 Å². The van der Waals surface area contributed by atoms with Crippen LogP contribution in [0, 0.1) is 0 Å². The van der Waals surface area contributed by atoms with Crippen molar-refractivity contribution in [3.05, 3.63) is 35.0 Å². The molecule has 1 unspecified atom stereocenters. The van der Waals surface area contributed by atoms with Crippen LogP contribution in [0.15, 0.2) is 30.2 Å². The highest BCUT2D eigenvalue weighted by Gasteiger charge is 2.17. The molecule has 2 N–H and O–H groups in total. The smallest absolute Gasteiger partial charge is 0.184 e. The van der Waals surface area contributed by atoms with Crippen molar-refractivity contribution in [1.82, 2.24) is 19.6 Å². The molecule has 7 nitrogen and oxygen atoms in total. The number of imidazole rings is 1. The summed E-state index contributed by atoms with van der Waals surface area (Å²) in [5, 5.41) is 5.38. The van der Waals surface area contributed by atoms with E-state index in [2.05, 4.69) is 37.1 Å². The quantitative estimate of drug-likeness (QED) is 0.751. The largest absolute Gasteiger partial charge is 0.363 e. The van der Waals surface area contributed by atoms with Crippen LogP contribution in [-0.4, -0.2) is 32.5 Å². The monoisotopic (exact) mass is 316 g/mol. The van der Waals surface area contributed by atoms with E-state index in [4.69, 9.17) is 4.74 Å². The second kappa shape index (κ2) is 5.90. The second-order valence-corrected chi connectivity index (χ2v) is 6.10. The van der Waals surface area contributed by atoms with E-state index in [1.165, 1.54) is 4.88 Å². The molecule has 8 heteroatoms. The standard InChI is InChI=1S/C14H16N6OS/c1-4-11(21-5-1)19-20-9-18-12-13(16-8-17-14(12)20)15-7-10-3-2-6-22-10/h2-3,6,8-9,11,19H,1,4-5,7H2,(H,15,16,17). The number of aromatic nitrogens is 4. The number of anilines is 1. The maximum atomic E-state index is 5.58. The van der Waals surface area contributed by atoms with E-state index < -0.39 is 0 Å². The van der Waals surface area contributed by atoms with Crippen molar-refractivity contribution in [1.29, 1.82) is 0 Å². The predicted molar refractivity (Wildman–Crippen MR) is 85.3 cm³/mol. The lowest BCUT2D eigenvalue weighted by Gasteiger charge is -2.14. The Kier molecular flexibility index (Phi) is 3.61. The van der Waals surface area contributed by atoms with Crippen LogP contribution >= 0.6 is 11.3 Å². The summed E-state index contributed by atoms with van der Waals surface area (Å²) in [5.74, 6) is 0.742. The van der Waals surface area contributed by atoms with Crippen molar-refractivity contribution in [2.24, 2.45) is 0 Å². The average Bonchev–Trinajstić information content (AvgIpc) is 3.28. The van der Waals surface area contributed by atoms with Gasteiger partial charge in [0.1, 0.15) is 18.9 Å². The van der Waals surface area contributed by atoms with E-state index in [1.807, 2.05) is 10.7 Å². The summed E-state index contributed by atoms with van der Waals surface area (Å²) in [7, 11) is 0. The van der Waals surface area contributed by atoms with Crippen molar-refractivity contribution < 1.29 is 4.74 Å². The van der Waals surface area contributed by atoms with Crippen molar-refractivity contribution in [3.63, 3.8) is 0 Å². The maximum absolute atomic E-state index is 5.58. The number of hydrogen-bond donors (Lipinski definition) is 2. The molecule has 1 saturated heterocycles. The van der Waals surface area contributed by atoms with Gasteiger partial charge in [0, 0.05) is 11.5 Å². The van der Waals surface area contributed by atoms with E-state index in [-0.39, 0.29) is 6.23 Å². The zero-order chi connectivity index (χ0) is 14.8. The lowest BCUT2D eigenvalue weighted by atomic mass is 10.3. The summed E-state index contributed by atoms with van der Waals surface area (Å²) in [5.41, 5.74) is 4.78. The van der Waals surface area contributed by atoms with Gasteiger partial charge in [-0.1, -0.05) is 6.07 Å². The Bertz CT molecular complexity index is 750. The Balaban J connectivity index is 1.56. The first-order chi connectivity index (χ1) is 10.9. The molecule has 3 aromatic heterocycles. The first-order valence-corrected chi connectivity index (χ1v) is 8.10. The van der Waals surface area contributed by atoms with Gasteiger partial charge in [0.2, 0.25) is 0 Å². The highest BCUT2D eigenvalue weighted by atomic mass is 32.1. The van der Waals surface area contributed by atoms with Gasteiger partial charge in [-0.05, 0) is 24.3 Å². The van der Waals surface area contributed by atoms with Gasteiger partial charge in [-0.15, -0.1) is 11.3 Å². The summed E-state index contributed by atoms with van der Waals surface area (Å²) < 4.78 is 7.39.